The van der Waals surface area contributed by atoms with Gasteiger partial charge in [-0.2, -0.15) is 5.10 Å². The average Bonchev–Trinajstić information content (AvgIpc) is 3.46. The van der Waals surface area contributed by atoms with Gasteiger partial charge in [0.25, 0.3) is 0 Å². The molecule has 6 nitrogen and oxygen atoms in total. The molecule has 0 unspecified atom stereocenters. The summed E-state index contributed by atoms with van der Waals surface area (Å²) in [7, 11) is 2.03. The molecule has 1 aromatic heterocycles. The van der Waals surface area contributed by atoms with Gasteiger partial charge >= 0.3 is 0 Å². The van der Waals surface area contributed by atoms with E-state index in [0.717, 1.165) is 48.4 Å². The summed E-state index contributed by atoms with van der Waals surface area (Å²) < 4.78 is 12.9. The highest BCUT2D eigenvalue weighted by atomic mass is 16.7. The molecule has 1 aromatic carbocycles. The Morgan fingerprint density at radius 2 is 2.00 bits per heavy atom. The smallest absolute Gasteiger partial charge is 0.231 e. The number of ether oxygens (including phenoxy) is 2. The fourth-order valence-corrected chi connectivity index (χ4v) is 4.95. The van der Waals surface area contributed by atoms with Crippen LogP contribution in [0.3, 0.4) is 0 Å². The van der Waals surface area contributed by atoms with E-state index in [-0.39, 0.29) is 12.7 Å². The number of fused-ring (bicyclic) bond motifs is 2. The van der Waals surface area contributed by atoms with Crippen molar-refractivity contribution in [1.29, 1.82) is 0 Å². The average molecular weight is 381 g/mol. The topological polar surface area (TPSA) is 56.6 Å². The summed E-state index contributed by atoms with van der Waals surface area (Å²) in [4.78, 5) is 15.4. The number of rotatable bonds is 5. The van der Waals surface area contributed by atoms with E-state index in [9.17, 15) is 4.79 Å². The molecule has 2 aliphatic carbocycles. The zero-order chi connectivity index (χ0) is 19.1. The third kappa shape index (κ3) is 3.15. The lowest BCUT2D eigenvalue weighted by atomic mass is 10.1. The molecule has 1 saturated carbocycles. The Bertz CT molecular complexity index is 899. The zero-order valence-electron chi connectivity index (χ0n) is 16.4. The summed E-state index contributed by atoms with van der Waals surface area (Å²) in [6.45, 7) is 0.892. The third-order valence-electron chi connectivity index (χ3n) is 6.40. The molecule has 0 spiro atoms. The number of hydrogen-bond acceptors (Lipinski definition) is 4. The van der Waals surface area contributed by atoms with E-state index in [4.69, 9.17) is 14.6 Å². The Kier molecular flexibility index (Phi) is 4.49. The molecule has 1 amide bonds. The lowest BCUT2D eigenvalue weighted by Gasteiger charge is -2.29. The molecule has 0 N–H and O–H groups in total. The molecule has 0 atom stereocenters. The van der Waals surface area contributed by atoms with Crippen LogP contribution in [0.25, 0.3) is 0 Å². The standard InChI is InChI=1S/C22H27N3O3/c1-24-19-8-4-7-17(19)18(23-24)13-25(16-5-2-3-6-16)22(26)12-15-9-10-20-21(11-15)28-14-27-20/h9-11,16H,2-8,12-14H2,1H3. The van der Waals surface area contributed by atoms with Crippen LogP contribution in [0, 0.1) is 0 Å². The van der Waals surface area contributed by atoms with Crippen molar-refractivity contribution in [2.45, 2.75) is 64.0 Å². The monoisotopic (exact) mass is 381 g/mol. The van der Waals surface area contributed by atoms with Gasteiger partial charge in [-0.3, -0.25) is 9.48 Å². The number of amides is 1. The maximum atomic E-state index is 13.3. The molecule has 1 aliphatic heterocycles. The predicted molar refractivity (Wildman–Crippen MR) is 104 cm³/mol. The Hall–Kier alpha value is -2.50. The third-order valence-corrected chi connectivity index (χ3v) is 6.40. The fourth-order valence-electron chi connectivity index (χ4n) is 4.95. The van der Waals surface area contributed by atoms with Gasteiger partial charge in [-0.1, -0.05) is 18.9 Å². The molecule has 28 heavy (non-hydrogen) atoms. The minimum Gasteiger partial charge on any atom is -0.454 e. The van der Waals surface area contributed by atoms with Gasteiger partial charge in [-0.15, -0.1) is 0 Å². The van der Waals surface area contributed by atoms with Gasteiger partial charge in [0.2, 0.25) is 12.7 Å². The highest BCUT2D eigenvalue weighted by Gasteiger charge is 2.30. The van der Waals surface area contributed by atoms with Gasteiger partial charge in [0, 0.05) is 18.8 Å². The molecule has 6 heteroatoms. The second kappa shape index (κ2) is 7.15. The quantitative estimate of drug-likeness (QED) is 0.798. The maximum absolute atomic E-state index is 13.3. The highest BCUT2D eigenvalue weighted by Crippen LogP contribution is 2.33. The molecule has 1 fully saturated rings. The molecule has 2 heterocycles. The van der Waals surface area contributed by atoms with E-state index < -0.39 is 0 Å². The lowest BCUT2D eigenvalue weighted by Crippen LogP contribution is -2.39. The normalized spacial score (nSPS) is 17.9. The first-order valence-electron chi connectivity index (χ1n) is 10.4. The molecular formula is C22H27N3O3. The second-order valence-corrected chi connectivity index (χ2v) is 8.17. The van der Waals surface area contributed by atoms with Crippen LogP contribution in [0.15, 0.2) is 18.2 Å². The summed E-state index contributed by atoms with van der Waals surface area (Å²) in [5, 5.41) is 4.77. The number of benzene rings is 1. The molecule has 0 saturated heterocycles. The molecule has 0 bridgehead atoms. The van der Waals surface area contributed by atoms with Crippen molar-refractivity contribution in [3.8, 4) is 11.5 Å². The van der Waals surface area contributed by atoms with E-state index in [1.165, 1.54) is 30.5 Å². The summed E-state index contributed by atoms with van der Waals surface area (Å²) in [5.41, 5.74) is 4.80. The summed E-state index contributed by atoms with van der Waals surface area (Å²) >= 11 is 0. The molecule has 5 rings (SSSR count). The highest BCUT2D eigenvalue weighted by molar-refractivity contribution is 5.79. The van der Waals surface area contributed by atoms with Crippen molar-refractivity contribution in [3.05, 3.63) is 40.7 Å². The predicted octanol–water partition coefficient (Wildman–Crippen LogP) is 3.15. The van der Waals surface area contributed by atoms with Crippen molar-refractivity contribution < 1.29 is 14.3 Å². The first kappa shape index (κ1) is 17.6. The molecule has 0 radical (unpaired) electrons. The number of carbonyl (C=O) groups excluding carboxylic acids is 1. The first-order chi connectivity index (χ1) is 13.7. The van der Waals surface area contributed by atoms with Crippen molar-refractivity contribution in [2.24, 2.45) is 7.05 Å². The van der Waals surface area contributed by atoms with Gasteiger partial charge in [-0.05, 0) is 55.4 Å². The summed E-state index contributed by atoms with van der Waals surface area (Å²) in [6, 6.07) is 6.14. The number of carbonyl (C=O) groups is 1. The van der Waals surface area contributed by atoms with Crippen LogP contribution < -0.4 is 9.47 Å². The van der Waals surface area contributed by atoms with Crippen LogP contribution in [0.5, 0.6) is 11.5 Å². The van der Waals surface area contributed by atoms with E-state index in [1.807, 2.05) is 29.9 Å². The van der Waals surface area contributed by atoms with Gasteiger partial charge in [0.1, 0.15) is 0 Å². The van der Waals surface area contributed by atoms with E-state index >= 15 is 0 Å². The van der Waals surface area contributed by atoms with E-state index in [1.54, 1.807) is 0 Å². The minimum absolute atomic E-state index is 0.183. The second-order valence-electron chi connectivity index (χ2n) is 8.17. The van der Waals surface area contributed by atoms with Gasteiger partial charge < -0.3 is 14.4 Å². The number of aromatic nitrogens is 2. The Balaban J connectivity index is 1.37. The summed E-state index contributed by atoms with van der Waals surface area (Å²) in [5.74, 6) is 1.68. The van der Waals surface area contributed by atoms with Crippen LogP contribution in [-0.2, 0) is 37.6 Å². The lowest BCUT2D eigenvalue weighted by molar-refractivity contribution is -0.133. The number of hydrogen-bond donors (Lipinski definition) is 0. The van der Waals surface area contributed by atoms with Gasteiger partial charge in [-0.25, -0.2) is 0 Å². The number of aryl methyl sites for hydroxylation is 1. The Labute approximate surface area is 165 Å². The van der Waals surface area contributed by atoms with Crippen molar-refractivity contribution in [1.82, 2.24) is 14.7 Å². The zero-order valence-corrected chi connectivity index (χ0v) is 16.4. The van der Waals surface area contributed by atoms with Gasteiger partial charge in [0.15, 0.2) is 11.5 Å². The minimum atomic E-state index is 0.183. The van der Waals surface area contributed by atoms with Gasteiger partial charge in [0.05, 0.1) is 18.7 Å². The van der Waals surface area contributed by atoms with E-state index in [2.05, 4.69) is 4.90 Å². The number of nitrogens with zero attached hydrogens (tertiary/aromatic N) is 3. The molecular weight excluding hydrogens is 354 g/mol. The van der Waals surface area contributed by atoms with Crippen molar-refractivity contribution in [3.63, 3.8) is 0 Å². The molecule has 2 aromatic rings. The Morgan fingerprint density at radius 1 is 1.18 bits per heavy atom. The SMILES string of the molecule is Cn1nc(CN(C(=O)Cc2ccc3c(c2)OCO3)C2CCCC2)c2c1CCC2. The van der Waals surface area contributed by atoms with Crippen LogP contribution >= 0.6 is 0 Å². The fraction of sp³-hybridized carbons (Fsp3) is 0.545. The molecule has 3 aliphatic rings. The Morgan fingerprint density at radius 3 is 2.86 bits per heavy atom. The largest absolute Gasteiger partial charge is 0.454 e. The summed E-state index contributed by atoms with van der Waals surface area (Å²) in [6.07, 6.45) is 8.40. The van der Waals surface area contributed by atoms with Crippen LogP contribution in [0.2, 0.25) is 0 Å². The molecule has 148 valence electrons. The van der Waals surface area contributed by atoms with Crippen molar-refractivity contribution >= 4 is 5.91 Å². The van der Waals surface area contributed by atoms with Crippen molar-refractivity contribution in [2.75, 3.05) is 6.79 Å². The van der Waals surface area contributed by atoms with Crippen LogP contribution in [0.1, 0.15) is 54.6 Å². The van der Waals surface area contributed by atoms with Crippen LogP contribution in [0.4, 0.5) is 0 Å². The van der Waals surface area contributed by atoms with E-state index in [0.29, 0.717) is 19.0 Å². The van der Waals surface area contributed by atoms with Crippen LogP contribution in [-0.4, -0.2) is 33.4 Å². The maximum Gasteiger partial charge on any atom is 0.231 e. The first-order valence-corrected chi connectivity index (χ1v) is 10.4.